The van der Waals surface area contributed by atoms with Gasteiger partial charge in [0.2, 0.25) is 0 Å². The van der Waals surface area contributed by atoms with E-state index in [9.17, 15) is 4.39 Å². The monoisotopic (exact) mass is 257 g/mol. The summed E-state index contributed by atoms with van der Waals surface area (Å²) in [5.41, 5.74) is 1.16. The van der Waals surface area contributed by atoms with Gasteiger partial charge >= 0.3 is 0 Å². The highest BCUT2D eigenvalue weighted by atomic mass is 35.5. The van der Waals surface area contributed by atoms with Crippen molar-refractivity contribution in [2.45, 2.75) is 6.92 Å². The number of thiazole rings is 1. The number of ether oxygens (including phenoxy) is 1. The van der Waals surface area contributed by atoms with Crippen molar-refractivity contribution in [2.75, 3.05) is 7.11 Å². The van der Waals surface area contributed by atoms with Gasteiger partial charge in [-0.1, -0.05) is 22.9 Å². The Morgan fingerprint density at radius 2 is 2.19 bits per heavy atom. The minimum atomic E-state index is -0.333. The first-order valence-electron chi connectivity index (χ1n) is 4.58. The van der Waals surface area contributed by atoms with Gasteiger partial charge in [-0.2, -0.15) is 0 Å². The third kappa shape index (κ3) is 2.03. The smallest absolute Gasteiger partial charge is 0.197 e. The molecule has 1 aromatic carbocycles. The number of rotatable bonds is 2. The van der Waals surface area contributed by atoms with Crippen LogP contribution in [0.4, 0.5) is 4.39 Å². The van der Waals surface area contributed by atoms with E-state index in [1.54, 1.807) is 13.2 Å². The Morgan fingerprint density at radius 1 is 1.44 bits per heavy atom. The summed E-state index contributed by atoms with van der Waals surface area (Å²) in [6.45, 7) is 1.82. The van der Waals surface area contributed by atoms with Gasteiger partial charge in [-0.25, -0.2) is 9.37 Å². The fourth-order valence-corrected chi connectivity index (χ4v) is 2.42. The lowest BCUT2D eigenvalue weighted by atomic mass is 10.2. The predicted octanol–water partition coefficient (Wildman–Crippen LogP) is 3.92. The van der Waals surface area contributed by atoms with E-state index >= 15 is 0 Å². The van der Waals surface area contributed by atoms with Crippen LogP contribution in [0.2, 0.25) is 5.02 Å². The standard InChI is InChI=1S/C11H9ClFNOS/c1-6-11(15-2)16-10(14-6)8-5-7(12)3-4-9(8)13/h3-5H,1-2H3. The molecular formula is C11H9ClFNOS. The third-order valence-electron chi connectivity index (χ3n) is 2.10. The zero-order valence-corrected chi connectivity index (χ0v) is 10.3. The highest BCUT2D eigenvalue weighted by Crippen LogP contribution is 2.35. The second kappa shape index (κ2) is 4.39. The first-order valence-corrected chi connectivity index (χ1v) is 5.78. The van der Waals surface area contributed by atoms with E-state index in [1.807, 2.05) is 6.92 Å². The molecule has 2 rings (SSSR count). The van der Waals surface area contributed by atoms with Crippen LogP contribution in [0.25, 0.3) is 10.6 Å². The van der Waals surface area contributed by atoms with Gasteiger partial charge in [-0.15, -0.1) is 0 Å². The van der Waals surface area contributed by atoms with Crippen LogP contribution in [0.3, 0.4) is 0 Å². The van der Waals surface area contributed by atoms with Gasteiger partial charge in [0.25, 0.3) is 0 Å². The molecule has 0 saturated carbocycles. The molecule has 0 spiro atoms. The average molecular weight is 258 g/mol. The summed E-state index contributed by atoms with van der Waals surface area (Å²) >= 11 is 7.13. The maximum atomic E-state index is 13.6. The topological polar surface area (TPSA) is 22.1 Å². The fraction of sp³-hybridized carbons (Fsp3) is 0.182. The van der Waals surface area contributed by atoms with E-state index in [0.29, 0.717) is 20.7 Å². The number of hydrogen-bond acceptors (Lipinski definition) is 3. The van der Waals surface area contributed by atoms with Crippen molar-refractivity contribution in [3.05, 3.63) is 34.7 Å². The molecule has 2 aromatic rings. The Labute approximate surface area is 102 Å². The highest BCUT2D eigenvalue weighted by molar-refractivity contribution is 7.17. The van der Waals surface area contributed by atoms with Gasteiger partial charge in [0.05, 0.1) is 12.8 Å². The van der Waals surface area contributed by atoms with Crippen LogP contribution >= 0.6 is 22.9 Å². The van der Waals surface area contributed by atoms with E-state index in [4.69, 9.17) is 16.3 Å². The lowest BCUT2D eigenvalue weighted by molar-refractivity contribution is 0.423. The number of halogens is 2. The molecule has 0 atom stereocenters. The molecule has 1 aromatic heterocycles. The molecule has 0 amide bonds. The largest absolute Gasteiger partial charge is 0.486 e. The second-order valence-corrected chi connectivity index (χ2v) is 4.62. The molecule has 0 radical (unpaired) electrons. The zero-order valence-electron chi connectivity index (χ0n) is 8.75. The molecule has 0 fully saturated rings. The van der Waals surface area contributed by atoms with Crippen molar-refractivity contribution >= 4 is 22.9 Å². The number of methoxy groups -OCH3 is 1. The Bertz CT molecular complexity index is 527. The molecule has 0 bridgehead atoms. The lowest BCUT2D eigenvalue weighted by Gasteiger charge is -1.98. The molecule has 2 nitrogen and oxygen atoms in total. The van der Waals surface area contributed by atoms with Crippen molar-refractivity contribution in [2.24, 2.45) is 0 Å². The van der Waals surface area contributed by atoms with Gasteiger partial charge in [0, 0.05) is 10.6 Å². The second-order valence-electron chi connectivity index (χ2n) is 3.22. The molecule has 0 unspecified atom stereocenters. The Hall–Kier alpha value is -1.13. The van der Waals surface area contributed by atoms with Crippen LogP contribution < -0.4 is 4.74 Å². The highest BCUT2D eigenvalue weighted by Gasteiger charge is 2.13. The summed E-state index contributed by atoms with van der Waals surface area (Å²) < 4.78 is 18.7. The van der Waals surface area contributed by atoms with Crippen LogP contribution in [0.1, 0.15) is 5.69 Å². The molecule has 1 heterocycles. The van der Waals surface area contributed by atoms with Crippen molar-refractivity contribution in [1.29, 1.82) is 0 Å². The summed E-state index contributed by atoms with van der Waals surface area (Å²) in [7, 11) is 1.57. The van der Waals surface area contributed by atoms with Gasteiger partial charge < -0.3 is 4.74 Å². The van der Waals surface area contributed by atoms with Crippen LogP contribution in [-0.2, 0) is 0 Å². The lowest BCUT2D eigenvalue weighted by Crippen LogP contribution is -1.83. The Morgan fingerprint density at radius 3 is 2.81 bits per heavy atom. The maximum Gasteiger partial charge on any atom is 0.197 e. The van der Waals surface area contributed by atoms with E-state index in [0.717, 1.165) is 5.69 Å². The van der Waals surface area contributed by atoms with Gasteiger partial charge in [0.1, 0.15) is 10.8 Å². The van der Waals surface area contributed by atoms with Crippen molar-refractivity contribution in [3.8, 4) is 15.6 Å². The predicted molar refractivity (Wildman–Crippen MR) is 63.8 cm³/mol. The van der Waals surface area contributed by atoms with E-state index in [1.165, 1.54) is 23.5 Å². The van der Waals surface area contributed by atoms with E-state index in [-0.39, 0.29) is 5.82 Å². The quantitative estimate of drug-likeness (QED) is 0.814. The van der Waals surface area contributed by atoms with Crippen LogP contribution in [0, 0.1) is 12.7 Å². The fourth-order valence-electron chi connectivity index (χ4n) is 1.35. The zero-order chi connectivity index (χ0) is 11.7. The Balaban J connectivity index is 2.53. The molecule has 0 N–H and O–H groups in total. The van der Waals surface area contributed by atoms with Gasteiger partial charge in [-0.3, -0.25) is 0 Å². The first-order chi connectivity index (χ1) is 7.61. The minimum absolute atomic E-state index is 0.333. The average Bonchev–Trinajstić information content (AvgIpc) is 2.63. The summed E-state index contributed by atoms with van der Waals surface area (Å²) in [6, 6.07) is 4.41. The molecule has 0 saturated heterocycles. The Kier molecular flexibility index (Phi) is 3.12. The van der Waals surface area contributed by atoms with Crippen molar-refractivity contribution in [1.82, 2.24) is 4.98 Å². The molecule has 0 aliphatic carbocycles. The van der Waals surface area contributed by atoms with Crippen molar-refractivity contribution in [3.63, 3.8) is 0 Å². The van der Waals surface area contributed by atoms with Crippen LogP contribution in [0.15, 0.2) is 18.2 Å². The molecule has 16 heavy (non-hydrogen) atoms. The number of benzene rings is 1. The molecule has 0 aliphatic heterocycles. The SMILES string of the molecule is COc1sc(-c2cc(Cl)ccc2F)nc1C. The maximum absolute atomic E-state index is 13.6. The van der Waals surface area contributed by atoms with Gasteiger partial charge in [-0.05, 0) is 25.1 Å². The molecular weight excluding hydrogens is 249 g/mol. The first kappa shape index (κ1) is 11.4. The van der Waals surface area contributed by atoms with Gasteiger partial charge in [0.15, 0.2) is 5.06 Å². The van der Waals surface area contributed by atoms with E-state index < -0.39 is 0 Å². The number of aromatic nitrogens is 1. The van der Waals surface area contributed by atoms with E-state index in [2.05, 4.69) is 4.98 Å². The number of nitrogens with zero attached hydrogens (tertiary/aromatic N) is 1. The number of aryl methyl sites for hydroxylation is 1. The summed E-state index contributed by atoms with van der Waals surface area (Å²) in [6.07, 6.45) is 0. The molecule has 84 valence electrons. The summed E-state index contributed by atoms with van der Waals surface area (Å²) in [5.74, 6) is -0.333. The summed E-state index contributed by atoms with van der Waals surface area (Å²) in [4.78, 5) is 4.25. The summed E-state index contributed by atoms with van der Waals surface area (Å²) in [5, 5.41) is 1.76. The minimum Gasteiger partial charge on any atom is -0.486 e. The molecule has 0 aliphatic rings. The molecule has 5 heteroatoms. The van der Waals surface area contributed by atoms with Crippen LogP contribution in [0.5, 0.6) is 5.06 Å². The number of hydrogen-bond donors (Lipinski definition) is 0. The van der Waals surface area contributed by atoms with Crippen molar-refractivity contribution < 1.29 is 9.13 Å². The third-order valence-corrected chi connectivity index (χ3v) is 3.49. The normalized spacial score (nSPS) is 10.5. The van der Waals surface area contributed by atoms with Crippen LogP contribution in [-0.4, -0.2) is 12.1 Å².